The van der Waals surface area contributed by atoms with E-state index in [0.29, 0.717) is 13.2 Å². The number of hydrogen-bond donors (Lipinski definition) is 0. The Hall–Kier alpha value is -0.100. The largest absolute Gasteiger partial charge is 0.383 e. The van der Waals surface area contributed by atoms with Crippen LogP contribution in [-0.2, 0) is 14.8 Å². The molecule has 0 bridgehead atoms. The summed E-state index contributed by atoms with van der Waals surface area (Å²) in [6.45, 7) is 3.13. The van der Waals surface area contributed by atoms with Crippen LogP contribution in [-0.4, -0.2) is 40.5 Å². The molecule has 18 heavy (non-hydrogen) atoms. The minimum atomic E-state index is 0.706. The van der Waals surface area contributed by atoms with Crippen molar-refractivity contribution in [2.24, 2.45) is 0 Å². The summed E-state index contributed by atoms with van der Waals surface area (Å²) in [5.74, 6) is 0. The number of alkyl halides is 1. The molecule has 0 saturated heterocycles. The maximum Gasteiger partial charge on any atom is 0.0637 e. The fourth-order valence-corrected chi connectivity index (χ4v) is 2.52. The van der Waals surface area contributed by atoms with Crippen molar-refractivity contribution >= 4 is 37.5 Å². The smallest absolute Gasteiger partial charge is 0.0637 e. The number of hydrogen-bond acceptors (Lipinski definition) is 3. The Morgan fingerprint density at radius 2 is 1.72 bits per heavy atom. The van der Waals surface area contributed by atoms with Crippen LogP contribution in [0.4, 0.5) is 5.69 Å². The summed E-state index contributed by atoms with van der Waals surface area (Å²) < 4.78 is 11.4. The first kappa shape index (κ1) is 16.0. The number of methoxy groups -OCH3 is 2. The van der Waals surface area contributed by atoms with Crippen LogP contribution in [0, 0.1) is 0 Å². The fraction of sp³-hybridized carbons (Fsp3) is 0.538. The number of ether oxygens (including phenoxy) is 2. The van der Waals surface area contributed by atoms with Gasteiger partial charge in [0.25, 0.3) is 0 Å². The molecular weight excluding hydrogens is 362 g/mol. The van der Waals surface area contributed by atoms with E-state index in [1.165, 1.54) is 11.3 Å². The molecule has 1 rings (SSSR count). The van der Waals surface area contributed by atoms with E-state index in [1.807, 2.05) is 0 Å². The molecule has 3 nitrogen and oxygen atoms in total. The number of anilines is 1. The molecule has 0 aliphatic rings. The van der Waals surface area contributed by atoms with E-state index in [-0.39, 0.29) is 0 Å². The van der Waals surface area contributed by atoms with Crippen LogP contribution >= 0.6 is 31.9 Å². The Bertz CT molecular complexity index is 353. The van der Waals surface area contributed by atoms with Gasteiger partial charge in [0.1, 0.15) is 0 Å². The van der Waals surface area contributed by atoms with Crippen LogP contribution < -0.4 is 4.90 Å². The first-order valence-electron chi connectivity index (χ1n) is 5.80. The van der Waals surface area contributed by atoms with Crippen LogP contribution in [0.2, 0.25) is 0 Å². The lowest BCUT2D eigenvalue weighted by Gasteiger charge is -2.26. The van der Waals surface area contributed by atoms with Crippen molar-refractivity contribution in [2.75, 3.05) is 45.4 Å². The molecular formula is C13H19Br2NO2. The van der Waals surface area contributed by atoms with Crippen molar-refractivity contribution in [2.45, 2.75) is 5.33 Å². The van der Waals surface area contributed by atoms with Crippen LogP contribution in [0.3, 0.4) is 0 Å². The van der Waals surface area contributed by atoms with Gasteiger partial charge in [-0.1, -0.05) is 37.9 Å². The van der Waals surface area contributed by atoms with E-state index in [9.17, 15) is 0 Å². The summed E-state index contributed by atoms with van der Waals surface area (Å²) in [4.78, 5) is 2.29. The molecule has 0 atom stereocenters. The molecule has 0 aliphatic heterocycles. The predicted octanol–water partition coefficient (Wildman–Crippen LogP) is 3.44. The van der Waals surface area contributed by atoms with Gasteiger partial charge in [0, 0.05) is 42.8 Å². The fourth-order valence-electron chi connectivity index (χ4n) is 1.70. The van der Waals surface area contributed by atoms with E-state index >= 15 is 0 Å². The summed E-state index contributed by atoms with van der Waals surface area (Å²) in [5, 5.41) is 0.839. The monoisotopic (exact) mass is 379 g/mol. The van der Waals surface area contributed by atoms with Gasteiger partial charge in [-0.3, -0.25) is 0 Å². The Kier molecular flexibility index (Phi) is 7.90. The van der Waals surface area contributed by atoms with Crippen LogP contribution in [0.1, 0.15) is 5.56 Å². The minimum Gasteiger partial charge on any atom is -0.383 e. The molecule has 1 aromatic carbocycles. The molecule has 0 aromatic heterocycles. The van der Waals surface area contributed by atoms with Crippen molar-refractivity contribution in [3.05, 3.63) is 28.2 Å². The Morgan fingerprint density at radius 1 is 1.11 bits per heavy atom. The van der Waals surface area contributed by atoms with E-state index in [1.54, 1.807) is 14.2 Å². The average Bonchev–Trinajstić information content (AvgIpc) is 2.39. The molecule has 0 N–H and O–H groups in total. The molecule has 0 unspecified atom stereocenters. The van der Waals surface area contributed by atoms with Gasteiger partial charge in [0.05, 0.1) is 13.2 Å². The third kappa shape index (κ3) is 4.88. The average molecular weight is 381 g/mol. The second-order valence-electron chi connectivity index (χ2n) is 3.88. The van der Waals surface area contributed by atoms with Crippen molar-refractivity contribution in [1.29, 1.82) is 0 Å². The maximum atomic E-state index is 5.17. The zero-order chi connectivity index (χ0) is 13.4. The number of halogens is 2. The molecule has 0 fully saturated rings. The minimum absolute atomic E-state index is 0.706. The predicted molar refractivity (Wildman–Crippen MR) is 82.7 cm³/mol. The lowest BCUT2D eigenvalue weighted by Crippen LogP contribution is -2.31. The molecule has 0 spiro atoms. The number of nitrogens with zero attached hydrogens (tertiary/aromatic N) is 1. The molecule has 0 radical (unpaired) electrons. The van der Waals surface area contributed by atoms with E-state index in [0.717, 1.165) is 22.9 Å². The van der Waals surface area contributed by atoms with Gasteiger partial charge in [-0.2, -0.15) is 0 Å². The Labute approximate surface area is 126 Å². The summed E-state index contributed by atoms with van der Waals surface area (Å²) >= 11 is 7.06. The summed E-state index contributed by atoms with van der Waals surface area (Å²) in [6, 6.07) is 6.33. The molecule has 0 heterocycles. The first-order chi connectivity index (χ1) is 8.72. The molecule has 1 aromatic rings. The zero-order valence-corrected chi connectivity index (χ0v) is 14.0. The quantitative estimate of drug-likeness (QED) is 0.645. The van der Waals surface area contributed by atoms with Gasteiger partial charge in [0.15, 0.2) is 0 Å². The third-order valence-corrected chi connectivity index (χ3v) is 3.76. The van der Waals surface area contributed by atoms with Gasteiger partial charge in [-0.25, -0.2) is 0 Å². The van der Waals surface area contributed by atoms with Gasteiger partial charge in [0.2, 0.25) is 0 Å². The lowest BCUT2D eigenvalue weighted by molar-refractivity contribution is 0.190. The van der Waals surface area contributed by atoms with Crippen molar-refractivity contribution in [3.63, 3.8) is 0 Å². The zero-order valence-electron chi connectivity index (χ0n) is 10.8. The van der Waals surface area contributed by atoms with E-state index < -0.39 is 0 Å². The molecule has 5 heteroatoms. The SMILES string of the molecule is COCCN(CCOC)c1cc(Br)ccc1CBr. The highest BCUT2D eigenvalue weighted by Crippen LogP contribution is 2.26. The van der Waals surface area contributed by atoms with E-state index in [2.05, 4.69) is 55.0 Å². The van der Waals surface area contributed by atoms with Crippen molar-refractivity contribution in [1.82, 2.24) is 0 Å². The molecule has 102 valence electrons. The van der Waals surface area contributed by atoms with E-state index in [4.69, 9.17) is 9.47 Å². The highest BCUT2D eigenvalue weighted by atomic mass is 79.9. The highest BCUT2D eigenvalue weighted by molar-refractivity contribution is 9.10. The summed E-state index contributed by atoms with van der Waals surface area (Å²) in [6.07, 6.45) is 0. The Morgan fingerprint density at radius 3 is 2.22 bits per heavy atom. The second kappa shape index (κ2) is 8.91. The van der Waals surface area contributed by atoms with Gasteiger partial charge in [-0.05, 0) is 17.7 Å². The van der Waals surface area contributed by atoms with Crippen LogP contribution in [0.25, 0.3) is 0 Å². The maximum absolute atomic E-state index is 5.17. The highest BCUT2D eigenvalue weighted by Gasteiger charge is 2.11. The van der Waals surface area contributed by atoms with Gasteiger partial charge < -0.3 is 14.4 Å². The molecule has 0 saturated carbocycles. The molecule has 0 amide bonds. The van der Waals surface area contributed by atoms with Gasteiger partial charge in [-0.15, -0.1) is 0 Å². The normalized spacial score (nSPS) is 10.7. The topological polar surface area (TPSA) is 21.7 Å². The summed E-state index contributed by atoms with van der Waals surface area (Å²) in [7, 11) is 3.45. The summed E-state index contributed by atoms with van der Waals surface area (Å²) in [5.41, 5.74) is 2.49. The van der Waals surface area contributed by atoms with Gasteiger partial charge >= 0.3 is 0 Å². The van der Waals surface area contributed by atoms with Crippen LogP contribution in [0.5, 0.6) is 0 Å². The van der Waals surface area contributed by atoms with Crippen LogP contribution in [0.15, 0.2) is 22.7 Å². The second-order valence-corrected chi connectivity index (χ2v) is 5.36. The molecule has 0 aliphatic carbocycles. The number of benzene rings is 1. The first-order valence-corrected chi connectivity index (χ1v) is 7.71. The van der Waals surface area contributed by atoms with Crippen molar-refractivity contribution in [3.8, 4) is 0 Å². The standard InChI is InChI=1S/C13H19Br2NO2/c1-17-7-5-16(6-8-18-2)13-9-12(15)4-3-11(13)10-14/h3-4,9H,5-8,10H2,1-2H3. The number of rotatable bonds is 8. The third-order valence-electron chi connectivity index (χ3n) is 2.66. The lowest BCUT2D eigenvalue weighted by atomic mass is 10.2. The Balaban J connectivity index is 2.90. The van der Waals surface area contributed by atoms with Crippen molar-refractivity contribution < 1.29 is 9.47 Å².